The summed E-state index contributed by atoms with van der Waals surface area (Å²) in [6, 6.07) is 11.0. The quantitative estimate of drug-likeness (QED) is 0.655. The fourth-order valence-electron chi connectivity index (χ4n) is 2.69. The van der Waals surface area contributed by atoms with Gasteiger partial charge in [0.05, 0.1) is 11.5 Å². The van der Waals surface area contributed by atoms with E-state index in [0.29, 0.717) is 6.04 Å². The molecule has 0 radical (unpaired) electrons. The smallest absolute Gasteiger partial charge is 0.105 e. The summed E-state index contributed by atoms with van der Waals surface area (Å²) < 4.78 is 5.51. The molecular formula is C15H20N2O. The summed E-state index contributed by atoms with van der Waals surface area (Å²) >= 11 is 0. The lowest BCUT2D eigenvalue weighted by molar-refractivity contribution is 0.0704. The van der Waals surface area contributed by atoms with E-state index in [1.54, 1.807) is 0 Å². The summed E-state index contributed by atoms with van der Waals surface area (Å²) in [4.78, 5) is 4.70. The number of nitrogens with zero attached hydrogens (tertiary/aromatic N) is 1. The van der Waals surface area contributed by atoms with Gasteiger partial charge >= 0.3 is 0 Å². The van der Waals surface area contributed by atoms with Gasteiger partial charge in [-0.25, -0.2) is 0 Å². The van der Waals surface area contributed by atoms with Crippen LogP contribution in [0.3, 0.4) is 0 Å². The van der Waals surface area contributed by atoms with Gasteiger partial charge < -0.3 is 10.5 Å². The van der Waals surface area contributed by atoms with Crippen molar-refractivity contribution in [2.24, 2.45) is 10.7 Å². The van der Waals surface area contributed by atoms with Crippen molar-refractivity contribution in [3.8, 4) is 0 Å². The van der Waals surface area contributed by atoms with Crippen LogP contribution in [0, 0.1) is 0 Å². The van der Waals surface area contributed by atoms with Gasteiger partial charge in [0, 0.05) is 13.2 Å². The van der Waals surface area contributed by atoms with Gasteiger partial charge in [0.25, 0.3) is 0 Å². The van der Waals surface area contributed by atoms with Gasteiger partial charge in [-0.05, 0) is 31.2 Å². The zero-order valence-corrected chi connectivity index (χ0v) is 10.6. The highest BCUT2D eigenvalue weighted by Gasteiger charge is 2.39. The second-order valence-electron chi connectivity index (χ2n) is 5.31. The van der Waals surface area contributed by atoms with Crippen molar-refractivity contribution >= 4 is 5.84 Å². The molecule has 2 N–H and O–H groups in total. The van der Waals surface area contributed by atoms with Crippen molar-refractivity contribution in [2.45, 2.75) is 37.1 Å². The van der Waals surface area contributed by atoms with E-state index >= 15 is 0 Å². The standard InChI is InChI=1S/C15H20N2O/c16-14(17-13-6-7-13)15(8-10-18-11-9-15)12-4-2-1-3-5-12/h1-5,13H,6-11H2,(H2,16,17). The zero-order chi connectivity index (χ0) is 12.4. The summed E-state index contributed by atoms with van der Waals surface area (Å²) in [5.74, 6) is 0.819. The number of benzene rings is 1. The topological polar surface area (TPSA) is 47.6 Å². The predicted octanol–water partition coefficient (Wildman–Crippen LogP) is 2.25. The van der Waals surface area contributed by atoms with Gasteiger partial charge in [-0.2, -0.15) is 0 Å². The fraction of sp³-hybridized carbons (Fsp3) is 0.533. The minimum atomic E-state index is -0.0951. The Hall–Kier alpha value is -1.35. The second kappa shape index (κ2) is 4.73. The third kappa shape index (κ3) is 2.15. The van der Waals surface area contributed by atoms with Crippen LogP contribution in [0.4, 0.5) is 0 Å². The molecule has 1 heterocycles. The van der Waals surface area contributed by atoms with Crippen LogP contribution in [0.15, 0.2) is 35.3 Å². The SMILES string of the molecule is NC(=NC1CC1)C1(c2ccccc2)CCOCC1. The predicted molar refractivity (Wildman–Crippen MR) is 72.8 cm³/mol. The Kier molecular flexibility index (Phi) is 3.08. The molecule has 0 amide bonds. The Morgan fingerprint density at radius 2 is 1.83 bits per heavy atom. The lowest BCUT2D eigenvalue weighted by Gasteiger charge is -2.37. The van der Waals surface area contributed by atoms with E-state index in [1.807, 2.05) is 6.07 Å². The Balaban J connectivity index is 1.97. The first-order valence-electron chi connectivity index (χ1n) is 6.78. The fourth-order valence-corrected chi connectivity index (χ4v) is 2.69. The molecule has 3 heteroatoms. The molecule has 0 atom stereocenters. The maximum atomic E-state index is 6.35. The Labute approximate surface area is 108 Å². The normalized spacial score (nSPS) is 23.9. The average molecular weight is 244 g/mol. The molecule has 0 bridgehead atoms. The Morgan fingerprint density at radius 1 is 1.17 bits per heavy atom. The number of hydrogen-bond donors (Lipinski definition) is 1. The molecule has 3 nitrogen and oxygen atoms in total. The molecular weight excluding hydrogens is 224 g/mol. The van der Waals surface area contributed by atoms with Crippen LogP contribution in [-0.4, -0.2) is 25.1 Å². The molecule has 18 heavy (non-hydrogen) atoms. The molecule has 0 spiro atoms. The van der Waals surface area contributed by atoms with Crippen molar-refractivity contribution in [1.82, 2.24) is 0 Å². The highest BCUT2D eigenvalue weighted by Crippen LogP contribution is 2.36. The van der Waals surface area contributed by atoms with E-state index in [1.165, 1.54) is 18.4 Å². The maximum Gasteiger partial charge on any atom is 0.105 e. The van der Waals surface area contributed by atoms with Crippen LogP contribution in [0.5, 0.6) is 0 Å². The first kappa shape index (κ1) is 11.7. The third-order valence-electron chi connectivity index (χ3n) is 4.03. The molecule has 1 saturated heterocycles. The first-order chi connectivity index (χ1) is 8.81. The van der Waals surface area contributed by atoms with E-state index in [9.17, 15) is 0 Å². The van der Waals surface area contributed by atoms with Crippen molar-refractivity contribution in [1.29, 1.82) is 0 Å². The Morgan fingerprint density at radius 3 is 2.44 bits per heavy atom. The summed E-state index contributed by atoms with van der Waals surface area (Å²) in [6.45, 7) is 1.55. The lowest BCUT2D eigenvalue weighted by atomic mass is 9.73. The van der Waals surface area contributed by atoms with Gasteiger partial charge in [0.1, 0.15) is 5.84 Å². The molecule has 1 aliphatic heterocycles. The van der Waals surface area contributed by atoms with Gasteiger partial charge in [-0.3, -0.25) is 4.99 Å². The largest absolute Gasteiger partial charge is 0.387 e. The average Bonchev–Trinajstić information content (AvgIpc) is 3.24. The van der Waals surface area contributed by atoms with Crippen molar-refractivity contribution in [2.75, 3.05) is 13.2 Å². The maximum absolute atomic E-state index is 6.35. The number of amidine groups is 1. The number of nitrogens with two attached hydrogens (primary N) is 1. The molecule has 96 valence electrons. The minimum absolute atomic E-state index is 0.0951. The van der Waals surface area contributed by atoms with Crippen molar-refractivity contribution in [3.05, 3.63) is 35.9 Å². The molecule has 0 unspecified atom stereocenters. The summed E-state index contributed by atoms with van der Waals surface area (Å²) in [5, 5.41) is 0. The van der Waals surface area contributed by atoms with Gasteiger partial charge in [0.15, 0.2) is 0 Å². The van der Waals surface area contributed by atoms with Gasteiger partial charge in [-0.1, -0.05) is 30.3 Å². The monoisotopic (exact) mass is 244 g/mol. The van der Waals surface area contributed by atoms with E-state index in [4.69, 9.17) is 15.5 Å². The molecule has 0 aromatic heterocycles. The number of hydrogen-bond acceptors (Lipinski definition) is 2. The Bertz CT molecular complexity index is 431. The molecule has 2 aliphatic rings. The van der Waals surface area contributed by atoms with E-state index in [-0.39, 0.29) is 5.41 Å². The molecule has 2 fully saturated rings. The molecule has 1 aromatic rings. The third-order valence-corrected chi connectivity index (χ3v) is 4.03. The summed E-state index contributed by atoms with van der Waals surface area (Å²) in [6.07, 6.45) is 4.28. The molecule has 1 aromatic carbocycles. The summed E-state index contributed by atoms with van der Waals surface area (Å²) in [7, 11) is 0. The van der Waals surface area contributed by atoms with Gasteiger partial charge in [-0.15, -0.1) is 0 Å². The highest BCUT2D eigenvalue weighted by atomic mass is 16.5. The van der Waals surface area contributed by atoms with E-state index in [2.05, 4.69) is 24.3 Å². The zero-order valence-electron chi connectivity index (χ0n) is 10.6. The van der Waals surface area contributed by atoms with Crippen LogP contribution < -0.4 is 5.73 Å². The first-order valence-corrected chi connectivity index (χ1v) is 6.78. The molecule has 3 rings (SSSR count). The van der Waals surface area contributed by atoms with E-state index in [0.717, 1.165) is 31.9 Å². The number of ether oxygens (including phenoxy) is 1. The van der Waals surface area contributed by atoms with Crippen molar-refractivity contribution < 1.29 is 4.74 Å². The highest BCUT2D eigenvalue weighted by molar-refractivity contribution is 5.92. The molecule has 1 aliphatic carbocycles. The lowest BCUT2D eigenvalue weighted by Crippen LogP contribution is -2.46. The second-order valence-corrected chi connectivity index (χ2v) is 5.31. The summed E-state index contributed by atoms with van der Waals surface area (Å²) in [5.41, 5.74) is 7.54. The number of aliphatic imine (C=N–C) groups is 1. The number of rotatable bonds is 3. The van der Waals surface area contributed by atoms with Gasteiger partial charge in [0.2, 0.25) is 0 Å². The minimum Gasteiger partial charge on any atom is -0.387 e. The molecule has 1 saturated carbocycles. The van der Waals surface area contributed by atoms with E-state index < -0.39 is 0 Å². The van der Waals surface area contributed by atoms with Crippen LogP contribution in [0.1, 0.15) is 31.2 Å². The van der Waals surface area contributed by atoms with Crippen LogP contribution in [-0.2, 0) is 10.2 Å². The van der Waals surface area contributed by atoms with Crippen LogP contribution in [0.2, 0.25) is 0 Å². The van der Waals surface area contributed by atoms with Crippen molar-refractivity contribution in [3.63, 3.8) is 0 Å². The van der Waals surface area contributed by atoms with Crippen LogP contribution in [0.25, 0.3) is 0 Å². The van der Waals surface area contributed by atoms with Crippen LogP contribution >= 0.6 is 0 Å².